The van der Waals surface area contributed by atoms with E-state index in [4.69, 9.17) is 0 Å². The number of rotatable bonds is 5. The maximum Gasteiger partial charge on any atom is 0.261 e. The first-order chi connectivity index (χ1) is 14.0. The number of carbonyl (C=O) groups excluding carboxylic acids is 1. The lowest BCUT2D eigenvalue weighted by Gasteiger charge is -2.12. The summed E-state index contributed by atoms with van der Waals surface area (Å²) in [6.07, 6.45) is 3.68. The van der Waals surface area contributed by atoms with Crippen LogP contribution in [0.15, 0.2) is 65.7 Å². The van der Waals surface area contributed by atoms with Crippen LogP contribution in [0, 0.1) is 13.8 Å². The first-order valence-corrected chi connectivity index (χ1v) is 9.34. The number of hydrogen-bond acceptors (Lipinski definition) is 4. The number of carbonyl (C=O) groups is 1. The third-order valence-electron chi connectivity index (χ3n) is 4.84. The molecule has 4 aromatic rings. The summed E-state index contributed by atoms with van der Waals surface area (Å²) in [5, 5.41) is 3.38. The minimum Gasteiger partial charge on any atom is -0.331 e. The molecule has 0 aliphatic heterocycles. The number of para-hydroxylation sites is 1. The van der Waals surface area contributed by atoms with Crippen LogP contribution < -0.4 is 10.9 Å². The van der Waals surface area contributed by atoms with Gasteiger partial charge in [0.2, 0.25) is 5.91 Å². The lowest BCUT2D eigenvalue weighted by Crippen LogP contribution is -2.30. The van der Waals surface area contributed by atoms with E-state index in [1.54, 1.807) is 31.3 Å². The molecular weight excluding hydrogens is 366 g/mol. The molecule has 2 aromatic heterocycles. The maximum atomic E-state index is 12.7. The van der Waals surface area contributed by atoms with Gasteiger partial charge in [-0.1, -0.05) is 24.3 Å². The van der Waals surface area contributed by atoms with E-state index in [0.29, 0.717) is 29.0 Å². The zero-order valence-corrected chi connectivity index (χ0v) is 16.3. The first-order valence-electron chi connectivity index (χ1n) is 9.34. The van der Waals surface area contributed by atoms with Crippen molar-refractivity contribution in [3.63, 3.8) is 0 Å². The van der Waals surface area contributed by atoms with Gasteiger partial charge in [0.1, 0.15) is 18.2 Å². The van der Waals surface area contributed by atoms with Crippen LogP contribution in [0.5, 0.6) is 0 Å². The minimum atomic E-state index is -0.275. The second-order valence-electron chi connectivity index (χ2n) is 6.92. The van der Waals surface area contributed by atoms with Gasteiger partial charge in [0.05, 0.1) is 10.9 Å². The number of aryl methyl sites for hydroxylation is 2. The number of amides is 1. The quantitative estimate of drug-likeness (QED) is 0.571. The number of hydrogen-bond donors (Lipinski definition) is 1. The summed E-state index contributed by atoms with van der Waals surface area (Å²) in [6, 6.07) is 14.8. The van der Waals surface area contributed by atoms with E-state index >= 15 is 0 Å². The van der Waals surface area contributed by atoms with Crippen molar-refractivity contribution < 1.29 is 4.79 Å². The lowest BCUT2D eigenvalue weighted by molar-refractivity contribution is -0.116. The van der Waals surface area contributed by atoms with E-state index in [9.17, 15) is 9.59 Å². The predicted octanol–water partition coefficient (Wildman–Crippen LogP) is 2.90. The van der Waals surface area contributed by atoms with Gasteiger partial charge in [-0.25, -0.2) is 9.97 Å². The molecule has 29 heavy (non-hydrogen) atoms. The van der Waals surface area contributed by atoms with Crippen LogP contribution in [-0.4, -0.2) is 25.0 Å². The average molecular weight is 387 g/mol. The summed E-state index contributed by atoms with van der Waals surface area (Å²) in [5.74, 6) is 1.16. The van der Waals surface area contributed by atoms with Crippen LogP contribution in [0.4, 0.5) is 5.69 Å². The number of nitrogens with zero attached hydrogens (tertiary/aromatic N) is 4. The van der Waals surface area contributed by atoms with Gasteiger partial charge in [0.25, 0.3) is 5.56 Å². The summed E-state index contributed by atoms with van der Waals surface area (Å²) in [6.45, 7) is 4.26. The molecule has 0 saturated heterocycles. The molecule has 4 rings (SSSR count). The Morgan fingerprint density at radius 2 is 1.90 bits per heavy atom. The van der Waals surface area contributed by atoms with E-state index in [2.05, 4.69) is 15.3 Å². The number of imidazole rings is 1. The molecule has 0 aliphatic carbocycles. The topological polar surface area (TPSA) is 81.8 Å². The highest BCUT2D eigenvalue weighted by atomic mass is 16.2. The molecule has 0 bridgehead atoms. The van der Waals surface area contributed by atoms with Crippen molar-refractivity contribution >= 4 is 22.5 Å². The highest BCUT2D eigenvalue weighted by Crippen LogP contribution is 2.13. The van der Waals surface area contributed by atoms with Gasteiger partial charge >= 0.3 is 0 Å². The highest BCUT2D eigenvalue weighted by Gasteiger charge is 2.12. The Hall–Kier alpha value is -3.74. The van der Waals surface area contributed by atoms with Crippen molar-refractivity contribution in [2.24, 2.45) is 0 Å². The Labute approximate surface area is 167 Å². The normalized spacial score (nSPS) is 11.0. The van der Waals surface area contributed by atoms with Crippen LogP contribution in [0.25, 0.3) is 10.9 Å². The fraction of sp³-hybridized carbons (Fsp3) is 0.182. The molecule has 1 amide bonds. The number of aromatic nitrogens is 4. The SMILES string of the molecule is Cc1nccn1Cc1cccc(NC(=O)Cn2c(C)nc3ccccc3c2=O)c1. The van der Waals surface area contributed by atoms with Crippen LogP contribution >= 0.6 is 0 Å². The molecule has 1 N–H and O–H groups in total. The van der Waals surface area contributed by atoms with Gasteiger partial charge < -0.3 is 9.88 Å². The van der Waals surface area contributed by atoms with Crippen molar-refractivity contribution in [2.45, 2.75) is 26.9 Å². The van der Waals surface area contributed by atoms with Crippen LogP contribution in [0.2, 0.25) is 0 Å². The van der Waals surface area contributed by atoms with Gasteiger partial charge in [-0.05, 0) is 43.7 Å². The molecule has 0 saturated carbocycles. The molecule has 2 heterocycles. The molecule has 0 radical (unpaired) electrons. The van der Waals surface area contributed by atoms with Crippen LogP contribution in [-0.2, 0) is 17.9 Å². The summed E-state index contributed by atoms with van der Waals surface area (Å²) in [4.78, 5) is 34.0. The molecule has 0 atom stereocenters. The molecule has 0 unspecified atom stereocenters. The summed E-state index contributed by atoms with van der Waals surface area (Å²) < 4.78 is 3.43. The van der Waals surface area contributed by atoms with E-state index in [-0.39, 0.29) is 18.0 Å². The van der Waals surface area contributed by atoms with E-state index in [0.717, 1.165) is 11.4 Å². The fourth-order valence-corrected chi connectivity index (χ4v) is 3.32. The number of nitrogens with one attached hydrogen (secondary N) is 1. The smallest absolute Gasteiger partial charge is 0.261 e. The summed E-state index contributed by atoms with van der Waals surface area (Å²) in [7, 11) is 0. The van der Waals surface area contributed by atoms with Crippen molar-refractivity contribution in [2.75, 3.05) is 5.32 Å². The molecule has 0 aliphatic rings. The predicted molar refractivity (Wildman–Crippen MR) is 112 cm³/mol. The van der Waals surface area contributed by atoms with Gasteiger partial charge in [0.15, 0.2) is 0 Å². The first kappa shape index (κ1) is 18.6. The zero-order valence-electron chi connectivity index (χ0n) is 16.3. The van der Waals surface area contributed by atoms with E-state index in [1.807, 2.05) is 48.0 Å². The Balaban J connectivity index is 1.52. The van der Waals surface area contributed by atoms with E-state index in [1.165, 1.54) is 4.57 Å². The highest BCUT2D eigenvalue weighted by molar-refractivity contribution is 5.91. The Kier molecular flexibility index (Phi) is 4.95. The average Bonchev–Trinajstić information content (AvgIpc) is 3.10. The molecular formula is C22H21N5O2. The standard InChI is InChI=1S/C22H21N5O2/c1-15-23-10-11-26(15)13-17-6-5-7-18(12-17)25-21(28)14-27-16(2)24-20-9-4-3-8-19(20)22(27)29/h3-12H,13-14H2,1-2H3,(H,25,28). The maximum absolute atomic E-state index is 12.7. The Bertz CT molecular complexity index is 1260. The molecule has 0 fully saturated rings. The van der Waals surface area contributed by atoms with Crippen molar-refractivity contribution in [3.05, 3.63) is 88.5 Å². The molecule has 146 valence electrons. The lowest BCUT2D eigenvalue weighted by atomic mass is 10.2. The van der Waals surface area contributed by atoms with Gasteiger partial charge in [0, 0.05) is 24.6 Å². The summed E-state index contributed by atoms with van der Waals surface area (Å²) in [5.41, 5.74) is 2.15. The second kappa shape index (κ2) is 7.71. The number of anilines is 1. The van der Waals surface area contributed by atoms with Crippen molar-refractivity contribution in [1.29, 1.82) is 0 Å². The van der Waals surface area contributed by atoms with E-state index < -0.39 is 0 Å². The Morgan fingerprint density at radius 3 is 2.69 bits per heavy atom. The third kappa shape index (κ3) is 3.94. The molecule has 7 nitrogen and oxygen atoms in total. The fourth-order valence-electron chi connectivity index (χ4n) is 3.32. The summed E-state index contributed by atoms with van der Waals surface area (Å²) >= 11 is 0. The minimum absolute atomic E-state index is 0.0899. The monoisotopic (exact) mass is 387 g/mol. The van der Waals surface area contributed by atoms with Crippen LogP contribution in [0.3, 0.4) is 0 Å². The van der Waals surface area contributed by atoms with Crippen LogP contribution in [0.1, 0.15) is 17.2 Å². The van der Waals surface area contributed by atoms with Gasteiger partial charge in [-0.2, -0.15) is 0 Å². The number of benzene rings is 2. The largest absolute Gasteiger partial charge is 0.331 e. The number of fused-ring (bicyclic) bond motifs is 1. The Morgan fingerprint density at radius 1 is 1.07 bits per heavy atom. The third-order valence-corrected chi connectivity index (χ3v) is 4.84. The molecule has 7 heteroatoms. The van der Waals surface area contributed by atoms with Crippen molar-refractivity contribution in [3.8, 4) is 0 Å². The van der Waals surface area contributed by atoms with Gasteiger partial charge in [-0.15, -0.1) is 0 Å². The van der Waals surface area contributed by atoms with Gasteiger partial charge in [-0.3, -0.25) is 14.2 Å². The van der Waals surface area contributed by atoms with Crippen molar-refractivity contribution in [1.82, 2.24) is 19.1 Å². The molecule has 0 spiro atoms. The zero-order chi connectivity index (χ0) is 20.4. The molecule has 2 aromatic carbocycles. The second-order valence-corrected chi connectivity index (χ2v) is 6.92.